The minimum atomic E-state index is -0.171. The van der Waals surface area contributed by atoms with Crippen LogP contribution in [0.15, 0.2) is 78.9 Å². The summed E-state index contributed by atoms with van der Waals surface area (Å²) in [5, 5.41) is 4.95. The third-order valence-electron chi connectivity index (χ3n) is 7.77. The second-order valence-electron chi connectivity index (χ2n) is 9.83. The largest absolute Gasteiger partial charge is 0.328 e. The van der Waals surface area contributed by atoms with Gasteiger partial charge in [-0.15, -0.1) is 5.17 Å². The molecule has 0 saturated carbocycles. The van der Waals surface area contributed by atoms with Crippen LogP contribution in [0.2, 0.25) is 10.0 Å². The molecule has 5 nitrogen and oxygen atoms in total. The van der Waals surface area contributed by atoms with E-state index in [4.69, 9.17) is 28.0 Å². The van der Waals surface area contributed by atoms with Crippen molar-refractivity contribution in [3.05, 3.63) is 106 Å². The molecule has 3 atom stereocenters. The van der Waals surface area contributed by atoms with Crippen molar-refractivity contribution in [2.24, 2.45) is 0 Å². The van der Waals surface area contributed by atoms with Crippen LogP contribution in [0.5, 0.6) is 0 Å². The van der Waals surface area contributed by atoms with E-state index in [0.717, 1.165) is 53.9 Å². The summed E-state index contributed by atoms with van der Waals surface area (Å²) in [5.41, 5.74) is 5.12. The highest BCUT2D eigenvalue weighted by molar-refractivity contribution is 6.42. The Labute approximate surface area is 235 Å². The number of likely N-dealkylation sites (tertiary alicyclic amines) is 1. The average Bonchev–Trinajstić information content (AvgIpc) is 3.29. The van der Waals surface area contributed by atoms with E-state index in [0.29, 0.717) is 16.5 Å². The molecule has 1 fully saturated rings. The fourth-order valence-corrected chi connectivity index (χ4v) is 6.30. The van der Waals surface area contributed by atoms with Gasteiger partial charge in [-0.1, -0.05) is 103 Å². The molecule has 7 heteroatoms. The zero-order chi connectivity index (χ0) is 26.6. The average molecular weight is 551 g/mol. The molecular formula is C31H33Cl2N3O2. The lowest BCUT2D eigenvalue weighted by atomic mass is 9.85. The van der Waals surface area contributed by atoms with Crippen molar-refractivity contribution in [2.75, 3.05) is 13.1 Å². The Morgan fingerprint density at radius 3 is 2.26 bits per heavy atom. The van der Waals surface area contributed by atoms with Gasteiger partial charge in [0.1, 0.15) is 5.70 Å². The van der Waals surface area contributed by atoms with Gasteiger partial charge in [-0.05, 0) is 56.1 Å². The predicted octanol–water partition coefficient (Wildman–Crippen LogP) is 7.49. The second-order valence-corrected chi connectivity index (χ2v) is 10.6. The molecule has 3 aromatic carbocycles. The van der Waals surface area contributed by atoms with Gasteiger partial charge in [0, 0.05) is 17.2 Å². The first kappa shape index (κ1) is 26.8. The number of benzene rings is 3. The van der Waals surface area contributed by atoms with Gasteiger partial charge in [-0.3, -0.25) is 9.69 Å². The highest BCUT2D eigenvalue weighted by Crippen LogP contribution is 2.48. The van der Waals surface area contributed by atoms with Gasteiger partial charge in [-0.2, -0.15) is 5.01 Å². The number of halogens is 2. The monoisotopic (exact) mass is 549 g/mol. The molecule has 5 rings (SSSR count). The maximum atomic E-state index is 12.0. The predicted molar refractivity (Wildman–Crippen MR) is 154 cm³/mol. The summed E-state index contributed by atoms with van der Waals surface area (Å²) in [6.07, 6.45) is 3.39. The highest BCUT2D eigenvalue weighted by atomic mass is 35.5. The number of hydrazine groups is 1. The van der Waals surface area contributed by atoms with Crippen LogP contribution in [0.25, 0.3) is 11.3 Å². The van der Waals surface area contributed by atoms with Gasteiger partial charge in [0.05, 0.1) is 22.1 Å². The number of hydroxylamine groups is 1. The maximum absolute atomic E-state index is 12.0. The summed E-state index contributed by atoms with van der Waals surface area (Å²) >= 11 is 12.7. The Morgan fingerprint density at radius 1 is 0.947 bits per heavy atom. The third kappa shape index (κ3) is 5.08. The van der Waals surface area contributed by atoms with Crippen molar-refractivity contribution in [2.45, 2.75) is 51.2 Å². The lowest BCUT2D eigenvalue weighted by molar-refractivity contribution is -0.237. The van der Waals surface area contributed by atoms with Crippen LogP contribution >= 0.6 is 23.2 Å². The van der Waals surface area contributed by atoms with Gasteiger partial charge >= 0.3 is 6.47 Å². The summed E-state index contributed by atoms with van der Waals surface area (Å²) in [5.74, 6) is 0. The number of likely N-dealkylation sites (N-methyl/N-ethyl adjacent to an activating group) is 1. The molecular weight excluding hydrogens is 517 g/mol. The van der Waals surface area contributed by atoms with E-state index < -0.39 is 0 Å². The van der Waals surface area contributed by atoms with E-state index in [2.05, 4.69) is 60.2 Å². The summed E-state index contributed by atoms with van der Waals surface area (Å²) in [7, 11) is 0. The van der Waals surface area contributed by atoms with Crippen LogP contribution in [0.1, 0.15) is 55.8 Å². The first-order valence-electron chi connectivity index (χ1n) is 13.3. The van der Waals surface area contributed by atoms with E-state index in [1.165, 1.54) is 6.42 Å². The number of carbonyl (C=O) groups excluding carboxylic acids is 1. The molecule has 3 unspecified atom stereocenters. The number of hydrogen-bond acceptors (Lipinski definition) is 5. The first-order valence-corrected chi connectivity index (χ1v) is 14.0. The topological polar surface area (TPSA) is 36.0 Å². The van der Waals surface area contributed by atoms with Crippen LogP contribution in [0.3, 0.4) is 0 Å². The van der Waals surface area contributed by atoms with Crippen LogP contribution in [0, 0.1) is 0 Å². The van der Waals surface area contributed by atoms with E-state index in [9.17, 15) is 4.79 Å². The molecule has 0 radical (unpaired) electrons. The Morgan fingerprint density at radius 2 is 1.63 bits per heavy atom. The van der Waals surface area contributed by atoms with Gasteiger partial charge in [0.15, 0.2) is 0 Å². The molecule has 2 heterocycles. The van der Waals surface area contributed by atoms with E-state index in [-0.39, 0.29) is 18.1 Å². The number of nitrogens with zero attached hydrogens (tertiary/aromatic N) is 3. The number of carbonyl (C=O) groups is 1. The van der Waals surface area contributed by atoms with Gasteiger partial charge in [0.2, 0.25) is 0 Å². The molecule has 0 aromatic heterocycles. The molecule has 0 spiro atoms. The fraction of sp³-hybridized carbons (Fsp3) is 0.323. The lowest BCUT2D eigenvalue weighted by Gasteiger charge is -2.45. The summed E-state index contributed by atoms with van der Waals surface area (Å²) in [6.45, 7) is 6.87. The SMILES string of the molecule is CCN1CCCCC1C1C(c2ccccc2)=C(c2ccccc2)N(OC=O)N1C(C)c1ccc(Cl)c(Cl)c1. The zero-order valence-electron chi connectivity index (χ0n) is 21.8. The van der Waals surface area contributed by atoms with Crippen LogP contribution in [-0.4, -0.2) is 46.7 Å². The van der Waals surface area contributed by atoms with Gasteiger partial charge < -0.3 is 4.84 Å². The molecule has 2 aliphatic rings. The minimum absolute atomic E-state index is 0.0720. The summed E-state index contributed by atoms with van der Waals surface area (Å²) in [6, 6.07) is 26.4. The zero-order valence-corrected chi connectivity index (χ0v) is 23.3. The van der Waals surface area contributed by atoms with Crippen molar-refractivity contribution in [3.8, 4) is 0 Å². The Kier molecular flexibility index (Phi) is 8.39. The normalized spacial score (nSPS) is 21.5. The lowest BCUT2D eigenvalue weighted by Crippen LogP contribution is -2.55. The van der Waals surface area contributed by atoms with Gasteiger partial charge in [0.25, 0.3) is 0 Å². The molecule has 0 N–H and O–H groups in total. The Hall–Kier alpha value is -2.83. The van der Waals surface area contributed by atoms with Crippen molar-refractivity contribution in [1.29, 1.82) is 0 Å². The molecule has 38 heavy (non-hydrogen) atoms. The van der Waals surface area contributed by atoms with E-state index in [1.54, 1.807) is 5.17 Å². The van der Waals surface area contributed by atoms with Crippen molar-refractivity contribution in [3.63, 3.8) is 0 Å². The smallest absolute Gasteiger partial charge is 0.322 e. The van der Waals surface area contributed by atoms with Crippen LogP contribution < -0.4 is 0 Å². The maximum Gasteiger partial charge on any atom is 0.322 e. The molecule has 1 saturated heterocycles. The van der Waals surface area contributed by atoms with Crippen molar-refractivity contribution < 1.29 is 9.63 Å². The quantitative estimate of drug-likeness (QED) is 0.272. The number of piperidine rings is 1. The Balaban J connectivity index is 1.76. The number of rotatable bonds is 8. The molecule has 3 aromatic rings. The summed E-state index contributed by atoms with van der Waals surface area (Å²) in [4.78, 5) is 20.5. The number of hydrogen-bond donors (Lipinski definition) is 0. The minimum Gasteiger partial charge on any atom is -0.328 e. The van der Waals surface area contributed by atoms with Gasteiger partial charge in [-0.25, -0.2) is 0 Å². The molecule has 198 valence electrons. The Bertz CT molecular complexity index is 1280. The first-order chi connectivity index (χ1) is 18.5. The molecule has 2 aliphatic heterocycles. The second kappa shape index (κ2) is 11.9. The molecule has 0 aliphatic carbocycles. The standard InChI is InChI=1S/C31H33Cl2N3O2/c1-3-34-19-11-10-16-28(34)31-29(23-12-6-4-7-13-23)30(24-14-8-5-9-15-24)36(38-21-37)35(31)22(2)25-17-18-26(32)27(33)20-25/h4-9,12-15,17-18,20-22,28,31H,3,10-11,16,19H2,1-2H3. The summed E-state index contributed by atoms with van der Waals surface area (Å²) < 4.78 is 0. The van der Waals surface area contributed by atoms with E-state index >= 15 is 0 Å². The third-order valence-corrected chi connectivity index (χ3v) is 8.51. The molecule has 0 amide bonds. The molecule has 0 bridgehead atoms. The van der Waals surface area contributed by atoms with Crippen molar-refractivity contribution >= 4 is 40.9 Å². The highest BCUT2D eigenvalue weighted by Gasteiger charge is 2.49. The fourth-order valence-electron chi connectivity index (χ4n) is 6.00. The van der Waals surface area contributed by atoms with Crippen molar-refractivity contribution in [1.82, 2.24) is 15.1 Å². The van der Waals surface area contributed by atoms with E-state index in [1.807, 2.05) is 42.5 Å². The van der Waals surface area contributed by atoms with Crippen LogP contribution in [0.4, 0.5) is 0 Å². The van der Waals surface area contributed by atoms with Crippen LogP contribution in [-0.2, 0) is 9.63 Å².